The highest BCUT2D eigenvalue weighted by Gasteiger charge is 2.21. The first-order valence-corrected chi connectivity index (χ1v) is 8.09. The van der Waals surface area contributed by atoms with Crippen LogP contribution < -0.4 is 5.32 Å². The Bertz CT molecular complexity index is 549. The van der Waals surface area contributed by atoms with Crippen LogP contribution in [0.1, 0.15) is 50.6 Å². The summed E-state index contributed by atoms with van der Waals surface area (Å²) in [6.45, 7) is 3.26. The van der Waals surface area contributed by atoms with Crippen LogP contribution in [0, 0.1) is 5.92 Å². The van der Waals surface area contributed by atoms with E-state index in [1.807, 2.05) is 0 Å². The second kappa shape index (κ2) is 6.41. The van der Waals surface area contributed by atoms with Crippen molar-refractivity contribution in [1.82, 2.24) is 5.32 Å². The average Bonchev–Trinajstić information content (AvgIpc) is 2.99. The van der Waals surface area contributed by atoms with Crippen LogP contribution in [0.25, 0.3) is 10.8 Å². The van der Waals surface area contributed by atoms with Crippen molar-refractivity contribution in [3.05, 3.63) is 48.0 Å². The van der Waals surface area contributed by atoms with Gasteiger partial charge in [0.2, 0.25) is 0 Å². The van der Waals surface area contributed by atoms with Crippen molar-refractivity contribution in [2.45, 2.75) is 45.1 Å². The Morgan fingerprint density at radius 3 is 2.60 bits per heavy atom. The Morgan fingerprint density at radius 2 is 1.80 bits per heavy atom. The Labute approximate surface area is 122 Å². The lowest BCUT2D eigenvalue weighted by atomic mass is 9.90. The molecule has 1 nitrogen and oxygen atoms in total. The molecule has 3 rings (SSSR count). The van der Waals surface area contributed by atoms with E-state index in [9.17, 15) is 0 Å². The van der Waals surface area contributed by atoms with E-state index >= 15 is 0 Å². The molecule has 0 amide bonds. The molecule has 1 fully saturated rings. The monoisotopic (exact) mass is 267 g/mol. The van der Waals surface area contributed by atoms with Crippen LogP contribution in [0.5, 0.6) is 0 Å². The third-order valence-electron chi connectivity index (χ3n) is 4.69. The maximum atomic E-state index is 3.72. The third kappa shape index (κ3) is 2.88. The smallest absolute Gasteiger partial charge is 0.0328 e. The van der Waals surface area contributed by atoms with Gasteiger partial charge >= 0.3 is 0 Å². The second-order valence-electron chi connectivity index (χ2n) is 6.06. The molecule has 1 atom stereocenters. The maximum absolute atomic E-state index is 3.72. The fourth-order valence-corrected chi connectivity index (χ4v) is 3.70. The molecule has 2 aromatic rings. The van der Waals surface area contributed by atoms with Crippen LogP contribution in [0.2, 0.25) is 0 Å². The van der Waals surface area contributed by atoms with Crippen molar-refractivity contribution < 1.29 is 0 Å². The number of hydrogen-bond donors (Lipinski definition) is 1. The molecule has 2 aromatic carbocycles. The highest BCUT2D eigenvalue weighted by atomic mass is 14.9. The zero-order valence-electron chi connectivity index (χ0n) is 12.4. The molecule has 0 aromatic heterocycles. The topological polar surface area (TPSA) is 12.0 Å². The summed E-state index contributed by atoms with van der Waals surface area (Å²) >= 11 is 0. The van der Waals surface area contributed by atoms with Gasteiger partial charge < -0.3 is 5.32 Å². The predicted octanol–water partition coefficient (Wildman–Crippen LogP) is 5.07. The fourth-order valence-electron chi connectivity index (χ4n) is 3.70. The van der Waals surface area contributed by atoms with E-state index in [2.05, 4.69) is 54.7 Å². The fraction of sp³-hybridized carbons (Fsp3) is 0.474. The lowest BCUT2D eigenvalue weighted by Gasteiger charge is -2.23. The number of rotatable bonds is 5. The summed E-state index contributed by atoms with van der Waals surface area (Å²) in [6.07, 6.45) is 7.00. The van der Waals surface area contributed by atoms with Crippen molar-refractivity contribution in [1.29, 1.82) is 0 Å². The molecule has 0 spiro atoms. The highest BCUT2D eigenvalue weighted by molar-refractivity contribution is 5.86. The summed E-state index contributed by atoms with van der Waals surface area (Å²) in [6, 6.07) is 16.0. The molecule has 1 aliphatic rings. The molecule has 106 valence electrons. The Morgan fingerprint density at radius 1 is 1.05 bits per heavy atom. The van der Waals surface area contributed by atoms with E-state index in [-0.39, 0.29) is 0 Å². The second-order valence-corrected chi connectivity index (χ2v) is 6.06. The minimum absolute atomic E-state index is 0.509. The molecule has 0 heterocycles. The van der Waals surface area contributed by atoms with Gasteiger partial charge in [-0.3, -0.25) is 0 Å². The quantitative estimate of drug-likeness (QED) is 0.797. The van der Waals surface area contributed by atoms with Gasteiger partial charge in [0.05, 0.1) is 0 Å². The summed E-state index contributed by atoms with van der Waals surface area (Å²) in [5.74, 6) is 0.915. The van der Waals surface area contributed by atoms with Crippen LogP contribution in [0.3, 0.4) is 0 Å². The largest absolute Gasteiger partial charge is 0.310 e. The first kappa shape index (κ1) is 13.6. The van der Waals surface area contributed by atoms with Crippen LogP contribution in [-0.4, -0.2) is 6.54 Å². The van der Waals surface area contributed by atoms with Crippen molar-refractivity contribution in [3.63, 3.8) is 0 Å². The molecule has 1 aliphatic carbocycles. The molecule has 20 heavy (non-hydrogen) atoms. The minimum atomic E-state index is 0.509. The highest BCUT2D eigenvalue weighted by Crippen LogP contribution is 2.35. The minimum Gasteiger partial charge on any atom is -0.310 e. The van der Waals surface area contributed by atoms with E-state index in [0.29, 0.717) is 6.04 Å². The number of benzene rings is 2. The summed E-state index contributed by atoms with van der Waals surface area (Å²) in [5, 5.41) is 6.49. The molecular formula is C19H25N. The Kier molecular flexibility index (Phi) is 4.37. The van der Waals surface area contributed by atoms with Gasteiger partial charge in [0.1, 0.15) is 0 Å². The number of nitrogens with one attached hydrogen (secondary N) is 1. The summed E-state index contributed by atoms with van der Waals surface area (Å²) in [4.78, 5) is 0. The lowest BCUT2D eigenvalue weighted by Crippen LogP contribution is -2.23. The summed E-state index contributed by atoms with van der Waals surface area (Å²) in [7, 11) is 0. The van der Waals surface area contributed by atoms with Gasteiger partial charge in [-0.15, -0.1) is 0 Å². The normalized spacial score (nSPS) is 17.6. The van der Waals surface area contributed by atoms with Crippen molar-refractivity contribution in [2.24, 2.45) is 5.92 Å². The van der Waals surface area contributed by atoms with Crippen LogP contribution in [-0.2, 0) is 0 Å². The van der Waals surface area contributed by atoms with Crippen LogP contribution in [0.4, 0.5) is 0 Å². The first-order valence-electron chi connectivity index (χ1n) is 8.09. The van der Waals surface area contributed by atoms with Crippen LogP contribution in [0.15, 0.2) is 42.5 Å². The molecular weight excluding hydrogens is 242 g/mol. The van der Waals surface area contributed by atoms with Crippen LogP contribution >= 0.6 is 0 Å². The van der Waals surface area contributed by atoms with Crippen molar-refractivity contribution in [3.8, 4) is 0 Å². The third-order valence-corrected chi connectivity index (χ3v) is 4.69. The van der Waals surface area contributed by atoms with E-state index in [0.717, 1.165) is 12.5 Å². The standard InChI is InChI=1S/C19H25N/c1-2-20-19(14-15-8-3-4-9-15)18-13-7-11-16-10-5-6-12-17(16)18/h5-7,10-13,15,19-20H,2-4,8-9,14H2,1H3. The predicted molar refractivity (Wildman–Crippen MR) is 86.9 cm³/mol. The van der Waals surface area contributed by atoms with E-state index in [1.54, 1.807) is 0 Å². The van der Waals surface area contributed by atoms with E-state index in [4.69, 9.17) is 0 Å². The number of fused-ring (bicyclic) bond motifs is 1. The van der Waals surface area contributed by atoms with Gasteiger partial charge in [0.15, 0.2) is 0 Å². The molecule has 1 N–H and O–H groups in total. The molecule has 0 aliphatic heterocycles. The lowest BCUT2D eigenvalue weighted by molar-refractivity contribution is 0.402. The SMILES string of the molecule is CCNC(CC1CCCC1)c1cccc2ccccc12. The molecule has 1 heteroatoms. The molecule has 1 unspecified atom stereocenters. The van der Waals surface area contributed by atoms with Gasteiger partial charge in [0, 0.05) is 6.04 Å². The van der Waals surface area contributed by atoms with Gasteiger partial charge in [-0.05, 0) is 35.2 Å². The molecule has 1 saturated carbocycles. The number of hydrogen-bond acceptors (Lipinski definition) is 1. The van der Waals surface area contributed by atoms with Gasteiger partial charge in [-0.25, -0.2) is 0 Å². The zero-order valence-corrected chi connectivity index (χ0v) is 12.4. The zero-order chi connectivity index (χ0) is 13.8. The molecule has 0 saturated heterocycles. The van der Waals surface area contributed by atoms with Crippen molar-refractivity contribution in [2.75, 3.05) is 6.54 Å². The Balaban J connectivity index is 1.91. The van der Waals surface area contributed by atoms with Crippen molar-refractivity contribution >= 4 is 10.8 Å². The van der Waals surface area contributed by atoms with Gasteiger partial charge in [-0.2, -0.15) is 0 Å². The average molecular weight is 267 g/mol. The summed E-state index contributed by atoms with van der Waals surface area (Å²) < 4.78 is 0. The first-order chi connectivity index (χ1) is 9.88. The maximum Gasteiger partial charge on any atom is 0.0328 e. The van der Waals surface area contributed by atoms with E-state index in [1.165, 1.54) is 48.4 Å². The summed E-state index contributed by atoms with van der Waals surface area (Å²) in [5.41, 5.74) is 1.48. The van der Waals surface area contributed by atoms with Gasteiger partial charge in [0.25, 0.3) is 0 Å². The molecule has 0 bridgehead atoms. The van der Waals surface area contributed by atoms with E-state index < -0.39 is 0 Å². The van der Waals surface area contributed by atoms with Gasteiger partial charge in [-0.1, -0.05) is 75.1 Å². The molecule has 0 radical (unpaired) electrons. The Hall–Kier alpha value is -1.34.